The summed E-state index contributed by atoms with van der Waals surface area (Å²) in [5.74, 6) is -0.666. The van der Waals surface area contributed by atoms with E-state index in [1.807, 2.05) is 0 Å². The fourth-order valence-electron chi connectivity index (χ4n) is 1.08. The van der Waals surface area contributed by atoms with E-state index in [4.69, 9.17) is 4.74 Å². The van der Waals surface area contributed by atoms with E-state index in [1.54, 1.807) is 0 Å². The SMILES string of the molecule is C=CC(=O)OC(C)NC(=O)OCC1COC(=O)O1. The third-order valence-electron chi connectivity index (χ3n) is 1.83. The number of rotatable bonds is 5. The first-order chi connectivity index (χ1) is 8.51. The molecule has 18 heavy (non-hydrogen) atoms. The number of hydrogen-bond donors (Lipinski definition) is 1. The molecule has 0 saturated carbocycles. The molecule has 2 unspecified atom stereocenters. The molecule has 0 aromatic rings. The third kappa shape index (κ3) is 4.73. The van der Waals surface area contributed by atoms with E-state index in [1.165, 1.54) is 6.92 Å². The van der Waals surface area contributed by atoms with Crippen molar-refractivity contribution < 1.29 is 33.3 Å². The molecule has 2 atom stereocenters. The van der Waals surface area contributed by atoms with Gasteiger partial charge in [-0.3, -0.25) is 5.32 Å². The van der Waals surface area contributed by atoms with Gasteiger partial charge in [-0.05, 0) is 6.92 Å². The zero-order valence-electron chi connectivity index (χ0n) is 9.71. The zero-order valence-corrected chi connectivity index (χ0v) is 9.71. The zero-order chi connectivity index (χ0) is 13.5. The van der Waals surface area contributed by atoms with Gasteiger partial charge in [0.2, 0.25) is 0 Å². The average molecular weight is 259 g/mol. The second-order valence-electron chi connectivity index (χ2n) is 3.33. The maximum atomic E-state index is 11.2. The van der Waals surface area contributed by atoms with E-state index >= 15 is 0 Å². The Bertz CT molecular complexity index is 354. The molecule has 1 N–H and O–H groups in total. The molecule has 1 aliphatic rings. The van der Waals surface area contributed by atoms with Gasteiger partial charge in [0.05, 0.1) is 0 Å². The molecule has 1 amide bonds. The molecule has 100 valence electrons. The standard InChI is InChI=1S/C10H13NO7/c1-3-8(12)17-6(2)11-9(13)15-4-7-5-16-10(14)18-7/h3,6-7H,1,4-5H2,2H3,(H,11,13). The Morgan fingerprint density at radius 3 is 2.94 bits per heavy atom. The van der Waals surface area contributed by atoms with Gasteiger partial charge in [-0.2, -0.15) is 0 Å². The number of alkyl carbamates (subject to hydrolysis) is 1. The van der Waals surface area contributed by atoms with Gasteiger partial charge in [0.15, 0.2) is 12.3 Å². The number of carbonyl (C=O) groups is 3. The van der Waals surface area contributed by atoms with Gasteiger partial charge in [-0.1, -0.05) is 6.58 Å². The maximum absolute atomic E-state index is 11.2. The largest absolute Gasteiger partial charge is 0.508 e. The van der Waals surface area contributed by atoms with Crippen LogP contribution < -0.4 is 5.32 Å². The number of hydrogen-bond acceptors (Lipinski definition) is 7. The summed E-state index contributed by atoms with van der Waals surface area (Å²) >= 11 is 0. The van der Waals surface area contributed by atoms with Gasteiger partial charge in [0, 0.05) is 6.08 Å². The van der Waals surface area contributed by atoms with Crippen molar-refractivity contribution in [2.24, 2.45) is 0 Å². The minimum absolute atomic E-state index is 0.0348. The van der Waals surface area contributed by atoms with Gasteiger partial charge in [-0.25, -0.2) is 14.4 Å². The van der Waals surface area contributed by atoms with E-state index in [9.17, 15) is 14.4 Å². The Balaban J connectivity index is 2.18. The van der Waals surface area contributed by atoms with Gasteiger partial charge in [-0.15, -0.1) is 0 Å². The van der Waals surface area contributed by atoms with Crippen molar-refractivity contribution in [1.29, 1.82) is 0 Å². The number of esters is 1. The summed E-state index contributed by atoms with van der Waals surface area (Å²) in [5.41, 5.74) is 0. The van der Waals surface area contributed by atoms with Crippen LogP contribution in [-0.4, -0.2) is 43.8 Å². The molecule has 0 aromatic heterocycles. The first-order valence-corrected chi connectivity index (χ1v) is 5.11. The molecule has 1 rings (SSSR count). The summed E-state index contributed by atoms with van der Waals surface area (Å²) in [4.78, 5) is 32.6. The van der Waals surface area contributed by atoms with Crippen LogP contribution in [0, 0.1) is 0 Å². The Kier molecular flexibility index (Phi) is 4.97. The Hall–Kier alpha value is -2.25. The van der Waals surface area contributed by atoms with Crippen LogP contribution in [-0.2, 0) is 23.7 Å². The highest BCUT2D eigenvalue weighted by Crippen LogP contribution is 2.06. The lowest BCUT2D eigenvalue weighted by Crippen LogP contribution is -2.37. The van der Waals surface area contributed by atoms with Crippen LogP contribution in [0.4, 0.5) is 9.59 Å². The quantitative estimate of drug-likeness (QED) is 0.328. The maximum Gasteiger partial charge on any atom is 0.508 e. The first-order valence-electron chi connectivity index (χ1n) is 5.11. The molecule has 8 nitrogen and oxygen atoms in total. The second kappa shape index (κ2) is 6.48. The van der Waals surface area contributed by atoms with Crippen molar-refractivity contribution in [2.75, 3.05) is 13.2 Å². The topological polar surface area (TPSA) is 100 Å². The van der Waals surface area contributed by atoms with Crippen molar-refractivity contribution >= 4 is 18.2 Å². The van der Waals surface area contributed by atoms with Crippen LogP contribution in [0.25, 0.3) is 0 Å². The first kappa shape index (κ1) is 13.8. The van der Waals surface area contributed by atoms with Crippen LogP contribution >= 0.6 is 0 Å². The van der Waals surface area contributed by atoms with Crippen molar-refractivity contribution in [2.45, 2.75) is 19.3 Å². The van der Waals surface area contributed by atoms with Crippen molar-refractivity contribution in [3.63, 3.8) is 0 Å². The average Bonchev–Trinajstić information content (AvgIpc) is 2.72. The fraction of sp³-hybridized carbons (Fsp3) is 0.500. The lowest BCUT2D eigenvalue weighted by atomic mass is 10.4. The highest BCUT2D eigenvalue weighted by molar-refractivity contribution is 5.81. The summed E-state index contributed by atoms with van der Waals surface area (Å²) in [7, 11) is 0. The lowest BCUT2D eigenvalue weighted by Gasteiger charge is -2.14. The van der Waals surface area contributed by atoms with Gasteiger partial charge in [0.25, 0.3) is 0 Å². The van der Waals surface area contributed by atoms with Gasteiger partial charge in [0.1, 0.15) is 13.2 Å². The minimum Gasteiger partial charge on any atom is -0.445 e. The summed E-state index contributed by atoms with van der Waals surface area (Å²) in [6.07, 6.45) is -2.10. The number of cyclic esters (lactones) is 2. The van der Waals surface area contributed by atoms with E-state index in [0.717, 1.165) is 6.08 Å². The molecular weight excluding hydrogens is 246 g/mol. The van der Waals surface area contributed by atoms with Crippen LogP contribution in [0.1, 0.15) is 6.92 Å². The van der Waals surface area contributed by atoms with Crippen molar-refractivity contribution in [3.05, 3.63) is 12.7 Å². The van der Waals surface area contributed by atoms with E-state index in [0.29, 0.717) is 0 Å². The van der Waals surface area contributed by atoms with Gasteiger partial charge >= 0.3 is 18.2 Å². The molecule has 8 heteroatoms. The predicted molar refractivity (Wildman–Crippen MR) is 56.5 cm³/mol. The molecule has 0 aromatic carbocycles. The highest BCUT2D eigenvalue weighted by atomic mass is 16.8. The molecule has 1 fully saturated rings. The summed E-state index contributed by atoms with van der Waals surface area (Å²) in [6.45, 7) is 4.55. The Morgan fingerprint density at radius 2 is 2.39 bits per heavy atom. The summed E-state index contributed by atoms with van der Waals surface area (Å²) in [6, 6.07) is 0. The number of carbonyl (C=O) groups excluding carboxylic acids is 3. The molecule has 1 heterocycles. The molecule has 1 aliphatic heterocycles. The third-order valence-corrected chi connectivity index (χ3v) is 1.83. The summed E-state index contributed by atoms with van der Waals surface area (Å²) in [5, 5.41) is 2.25. The normalized spacial score (nSPS) is 19.2. The number of ether oxygens (including phenoxy) is 4. The number of nitrogens with one attached hydrogen (secondary N) is 1. The minimum atomic E-state index is -0.856. The molecule has 0 spiro atoms. The van der Waals surface area contributed by atoms with Crippen LogP contribution in [0.5, 0.6) is 0 Å². The second-order valence-corrected chi connectivity index (χ2v) is 3.33. The van der Waals surface area contributed by atoms with Crippen LogP contribution in [0.2, 0.25) is 0 Å². The smallest absolute Gasteiger partial charge is 0.445 e. The molecule has 0 aliphatic carbocycles. The molecule has 0 radical (unpaired) electrons. The van der Waals surface area contributed by atoms with Crippen LogP contribution in [0.15, 0.2) is 12.7 Å². The fourth-order valence-corrected chi connectivity index (χ4v) is 1.08. The molecule has 0 bridgehead atoms. The Labute approximate surface area is 103 Å². The van der Waals surface area contributed by atoms with Crippen molar-refractivity contribution in [1.82, 2.24) is 5.32 Å². The van der Waals surface area contributed by atoms with E-state index in [2.05, 4.69) is 26.1 Å². The van der Waals surface area contributed by atoms with Crippen molar-refractivity contribution in [3.8, 4) is 0 Å². The summed E-state index contributed by atoms with van der Waals surface area (Å²) < 4.78 is 18.5. The molecular formula is C10H13NO7. The monoisotopic (exact) mass is 259 g/mol. The van der Waals surface area contributed by atoms with E-state index < -0.39 is 30.5 Å². The van der Waals surface area contributed by atoms with Crippen LogP contribution in [0.3, 0.4) is 0 Å². The highest BCUT2D eigenvalue weighted by Gasteiger charge is 2.26. The van der Waals surface area contributed by atoms with Gasteiger partial charge < -0.3 is 18.9 Å². The molecule has 1 saturated heterocycles. The van der Waals surface area contributed by atoms with E-state index in [-0.39, 0.29) is 13.2 Å². The predicted octanol–water partition coefficient (Wildman–Crippen LogP) is 0.323. The lowest BCUT2D eigenvalue weighted by molar-refractivity contribution is -0.143. The number of amides is 1. The Morgan fingerprint density at radius 1 is 1.67 bits per heavy atom.